The fourth-order valence-electron chi connectivity index (χ4n) is 2.94. The van der Waals surface area contributed by atoms with E-state index in [1.807, 2.05) is 6.20 Å². The second-order valence-corrected chi connectivity index (χ2v) is 6.52. The van der Waals surface area contributed by atoms with Crippen molar-refractivity contribution in [2.75, 3.05) is 17.6 Å². The van der Waals surface area contributed by atoms with Crippen molar-refractivity contribution in [1.82, 2.24) is 9.55 Å². The fraction of sp³-hybridized carbons (Fsp3) is 0.769. The summed E-state index contributed by atoms with van der Waals surface area (Å²) in [5, 5.41) is 4.34. The van der Waals surface area contributed by atoms with Gasteiger partial charge in [-0.1, -0.05) is 12.8 Å². The van der Waals surface area contributed by atoms with E-state index in [-0.39, 0.29) is 0 Å². The monoisotopic (exact) mass is 251 g/mol. The zero-order chi connectivity index (χ0) is 11.5. The van der Waals surface area contributed by atoms with Gasteiger partial charge in [0.25, 0.3) is 0 Å². The van der Waals surface area contributed by atoms with Crippen molar-refractivity contribution in [1.29, 1.82) is 0 Å². The summed E-state index contributed by atoms with van der Waals surface area (Å²) in [4.78, 5) is 4.46. The van der Waals surface area contributed by atoms with Crippen LogP contribution in [0.15, 0.2) is 12.4 Å². The zero-order valence-electron chi connectivity index (χ0n) is 10.3. The van der Waals surface area contributed by atoms with E-state index >= 15 is 0 Å². The molecule has 3 rings (SSSR count). The highest BCUT2D eigenvalue weighted by molar-refractivity contribution is 8.00. The molecule has 2 aliphatic rings. The highest BCUT2D eigenvalue weighted by Crippen LogP contribution is 2.32. The van der Waals surface area contributed by atoms with Crippen molar-refractivity contribution < 1.29 is 0 Å². The van der Waals surface area contributed by atoms with E-state index in [4.69, 9.17) is 0 Å². The van der Waals surface area contributed by atoms with Crippen molar-refractivity contribution in [3.63, 3.8) is 0 Å². The van der Waals surface area contributed by atoms with Crippen LogP contribution in [0, 0.1) is 0 Å². The number of anilines is 1. The molecule has 0 aromatic carbocycles. The van der Waals surface area contributed by atoms with Gasteiger partial charge >= 0.3 is 0 Å². The third-order valence-electron chi connectivity index (χ3n) is 3.90. The largest absolute Gasteiger partial charge is 0.355 e. The predicted octanol–water partition coefficient (Wildman–Crippen LogP) is 3.31. The molecule has 1 aliphatic carbocycles. The molecule has 17 heavy (non-hydrogen) atoms. The minimum atomic E-state index is 0.691. The summed E-state index contributed by atoms with van der Waals surface area (Å²) in [7, 11) is 0. The SMILES string of the molecule is c1cn(C2CCCC2)c(NCC2CCCS2)n1. The average Bonchev–Trinajstić information content (AvgIpc) is 3.09. The summed E-state index contributed by atoms with van der Waals surface area (Å²) in [6, 6.07) is 0.691. The zero-order valence-corrected chi connectivity index (χ0v) is 11.1. The second kappa shape index (κ2) is 5.34. The summed E-state index contributed by atoms with van der Waals surface area (Å²) in [6.45, 7) is 1.08. The van der Waals surface area contributed by atoms with Gasteiger partial charge in [0.1, 0.15) is 0 Å². The summed E-state index contributed by atoms with van der Waals surface area (Å²) in [5.74, 6) is 2.42. The van der Waals surface area contributed by atoms with Crippen LogP contribution in [0.1, 0.15) is 44.6 Å². The third-order valence-corrected chi connectivity index (χ3v) is 5.30. The first-order chi connectivity index (χ1) is 8.43. The molecule has 0 bridgehead atoms. The molecular formula is C13H21N3S. The van der Waals surface area contributed by atoms with Crippen molar-refractivity contribution in [2.24, 2.45) is 0 Å². The molecule has 1 N–H and O–H groups in total. The van der Waals surface area contributed by atoms with Gasteiger partial charge in [-0.15, -0.1) is 0 Å². The van der Waals surface area contributed by atoms with Gasteiger partial charge in [-0.05, 0) is 31.4 Å². The van der Waals surface area contributed by atoms with Crippen molar-refractivity contribution in [3.8, 4) is 0 Å². The van der Waals surface area contributed by atoms with Crippen LogP contribution in [0.4, 0.5) is 5.95 Å². The van der Waals surface area contributed by atoms with E-state index in [0.29, 0.717) is 6.04 Å². The molecule has 94 valence electrons. The van der Waals surface area contributed by atoms with Gasteiger partial charge < -0.3 is 9.88 Å². The maximum Gasteiger partial charge on any atom is 0.203 e. The lowest BCUT2D eigenvalue weighted by Gasteiger charge is -2.17. The van der Waals surface area contributed by atoms with Crippen LogP contribution in [-0.4, -0.2) is 27.1 Å². The van der Waals surface area contributed by atoms with Crippen LogP contribution < -0.4 is 5.32 Å². The van der Waals surface area contributed by atoms with Gasteiger partial charge in [-0.25, -0.2) is 4.98 Å². The Bertz CT molecular complexity index is 351. The lowest BCUT2D eigenvalue weighted by Crippen LogP contribution is -2.17. The first-order valence-corrected chi connectivity index (χ1v) is 7.86. The number of hydrogen-bond acceptors (Lipinski definition) is 3. The lowest BCUT2D eigenvalue weighted by atomic mass is 10.2. The van der Waals surface area contributed by atoms with E-state index < -0.39 is 0 Å². The Labute approximate surface area is 107 Å². The molecule has 2 fully saturated rings. The summed E-state index contributed by atoms with van der Waals surface area (Å²) < 4.78 is 2.35. The Morgan fingerprint density at radius 2 is 2.18 bits per heavy atom. The molecule has 0 radical (unpaired) electrons. The smallest absolute Gasteiger partial charge is 0.203 e. The van der Waals surface area contributed by atoms with Crippen LogP contribution in [-0.2, 0) is 0 Å². The van der Waals surface area contributed by atoms with E-state index in [0.717, 1.165) is 17.7 Å². The lowest BCUT2D eigenvalue weighted by molar-refractivity contribution is 0.522. The molecule has 0 spiro atoms. The predicted molar refractivity (Wildman–Crippen MR) is 73.7 cm³/mol. The van der Waals surface area contributed by atoms with Crippen molar-refractivity contribution >= 4 is 17.7 Å². The number of hydrogen-bond donors (Lipinski definition) is 1. The third kappa shape index (κ3) is 2.62. The highest BCUT2D eigenvalue weighted by atomic mass is 32.2. The first-order valence-electron chi connectivity index (χ1n) is 6.82. The maximum atomic E-state index is 4.46. The normalized spacial score (nSPS) is 25.5. The Kier molecular flexibility index (Phi) is 3.60. The van der Waals surface area contributed by atoms with Crippen LogP contribution in [0.2, 0.25) is 0 Å². The van der Waals surface area contributed by atoms with Crippen LogP contribution >= 0.6 is 11.8 Å². The number of imidazole rings is 1. The molecule has 2 heterocycles. The van der Waals surface area contributed by atoms with Gasteiger partial charge in [0.05, 0.1) is 0 Å². The number of aromatic nitrogens is 2. The second-order valence-electron chi connectivity index (χ2n) is 5.11. The van der Waals surface area contributed by atoms with Gasteiger partial charge in [0.15, 0.2) is 0 Å². The minimum Gasteiger partial charge on any atom is -0.355 e. The van der Waals surface area contributed by atoms with E-state index in [9.17, 15) is 0 Å². The van der Waals surface area contributed by atoms with Gasteiger partial charge in [0.2, 0.25) is 5.95 Å². The van der Waals surface area contributed by atoms with Gasteiger partial charge in [-0.2, -0.15) is 11.8 Å². The highest BCUT2D eigenvalue weighted by Gasteiger charge is 2.20. The van der Waals surface area contributed by atoms with E-state index in [2.05, 4.69) is 32.8 Å². The molecule has 4 heteroatoms. The Hall–Kier alpha value is -0.640. The van der Waals surface area contributed by atoms with Gasteiger partial charge in [0, 0.05) is 30.2 Å². The molecule has 1 aliphatic heterocycles. The quantitative estimate of drug-likeness (QED) is 0.890. The number of nitrogens with zero attached hydrogens (tertiary/aromatic N) is 2. The standard InChI is InChI=1S/C13H21N3S/c1-2-5-11(4-1)16-8-7-14-13(16)15-10-12-6-3-9-17-12/h7-8,11-12H,1-6,9-10H2,(H,14,15). The maximum absolute atomic E-state index is 4.46. The molecule has 3 nitrogen and oxygen atoms in total. The average molecular weight is 251 g/mol. The van der Waals surface area contributed by atoms with Gasteiger partial charge in [-0.3, -0.25) is 0 Å². The van der Waals surface area contributed by atoms with Crippen LogP contribution in [0.5, 0.6) is 0 Å². The van der Waals surface area contributed by atoms with Crippen LogP contribution in [0.25, 0.3) is 0 Å². The van der Waals surface area contributed by atoms with E-state index in [1.165, 1.54) is 44.3 Å². The van der Waals surface area contributed by atoms with Crippen molar-refractivity contribution in [3.05, 3.63) is 12.4 Å². The Morgan fingerprint density at radius 1 is 1.29 bits per heavy atom. The first kappa shape index (κ1) is 11.5. The van der Waals surface area contributed by atoms with E-state index in [1.54, 1.807) is 0 Å². The molecule has 1 unspecified atom stereocenters. The Morgan fingerprint density at radius 3 is 2.94 bits per heavy atom. The molecule has 1 aromatic rings. The molecule has 1 atom stereocenters. The molecule has 1 saturated heterocycles. The molecule has 1 saturated carbocycles. The number of rotatable bonds is 4. The molecular weight excluding hydrogens is 230 g/mol. The topological polar surface area (TPSA) is 29.9 Å². The minimum absolute atomic E-state index is 0.691. The Balaban J connectivity index is 1.60. The molecule has 1 aromatic heterocycles. The number of nitrogens with one attached hydrogen (secondary N) is 1. The summed E-state index contributed by atoms with van der Waals surface area (Å²) in [5.41, 5.74) is 0. The number of thioether (sulfide) groups is 1. The summed E-state index contributed by atoms with van der Waals surface area (Å²) >= 11 is 2.10. The summed E-state index contributed by atoms with van der Waals surface area (Å²) in [6.07, 6.45) is 12.2. The molecule has 0 amide bonds. The fourth-order valence-corrected chi connectivity index (χ4v) is 4.14. The van der Waals surface area contributed by atoms with Crippen LogP contribution in [0.3, 0.4) is 0 Å². The van der Waals surface area contributed by atoms with Crippen molar-refractivity contribution in [2.45, 2.75) is 49.8 Å².